The van der Waals surface area contributed by atoms with Gasteiger partial charge < -0.3 is 14.8 Å². The number of nitrogens with one attached hydrogen (secondary N) is 1. The van der Waals surface area contributed by atoms with Crippen molar-refractivity contribution in [1.29, 1.82) is 0 Å². The van der Waals surface area contributed by atoms with Crippen molar-refractivity contribution in [2.75, 3.05) is 36.4 Å². The fraction of sp³-hybridized carbons (Fsp3) is 0.650. The number of anilines is 1. The molecule has 0 saturated heterocycles. The van der Waals surface area contributed by atoms with E-state index in [1.54, 1.807) is 25.1 Å². The first-order chi connectivity index (χ1) is 13.4. The third-order valence-electron chi connectivity index (χ3n) is 4.93. The summed E-state index contributed by atoms with van der Waals surface area (Å²) < 4.78 is 37.4. The number of hydrogen-bond donors (Lipinski definition) is 1. The second-order valence-electron chi connectivity index (χ2n) is 6.96. The standard InChI is InChI=1S/C20H32N2O5S/c1-4-7-8-16(5-2)14-21-20(23)15-22(28(24,25)6-3)17-9-10-18-19(13-17)27-12-11-26-18/h9-10,13,16H,4-8,11-12,14-15H2,1-3H3,(H,21,23)/t16-/m0/s1. The summed E-state index contributed by atoms with van der Waals surface area (Å²) in [6, 6.07) is 4.94. The largest absolute Gasteiger partial charge is 0.486 e. The summed E-state index contributed by atoms with van der Waals surface area (Å²) in [5.74, 6) is 1.08. The quantitative estimate of drug-likeness (QED) is 0.604. The second-order valence-corrected chi connectivity index (χ2v) is 9.14. The summed E-state index contributed by atoms with van der Waals surface area (Å²) in [6.45, 7) is 7.00. The maximum Gasteiger partial charge on any atom is 0.240 e. The molecule has 8 heteroatoms. The minimum atomic E-state index is -3.62. The van der Waals surface area contributed by atoms with Crippen LogP contribution in [0.4, 0.5) is 5.69 Å². The monoisotopic (exact) mass is 412 g/mol. The number of hydrogen-bond acceptors (Lipinski definition) is 5. The van der Waals surface area contributed by atoms with Crippen molar-refractivity contribution in [3.8, 4) is 11.5 Å². The van der Waals surface area contributed by atoms with Crippen molar-refractivity contribution in [2.24, 2.45) is 5.92 Å². The summed E-state index contributed by atoms with van der Waals surface area (Å²) in [5, 5.41) is 2.90. The van der Waals surface area contributed by atoms with E-state index in [0.717, 1.165) is 30.0 Å². The van der Waals surface area contributed by atoms with Crippen LogP contribution in [0.3, 0.4) is 0 Å². The van der Waals surface area contributed by atoms with Gasteiger partial charge in [-0.15, -0.1) is 0 Å². The van der Waals surface area contributed by atoms with Gasteiger partial charge >= 0.3 is 0 Å². The van der Waals surface area contributed by atoms with E-state index in [9.17, 15) is 13.2 Å². The van der Waals surface area contributed by atoms with Gasteiger partial charge in [0.1, 0.15) is 19.8 Å². The average molecular weight is 413 g/mol. The van der Waals surface area contributed by atoms with Gasteiger partial charge in [0, 0.05) is 12.6 Å². The number of amides is 1. The fourth-order valence-corrected chi connectivity index (χ4v) is 4.14. The smallest absolute Gasteiger partial charge is 0.240 e. The molecule has 1 aliphatic heterocycles. The van der Waals surface area contributed by atoms with Crippen LogP contribution in [0.2, 0.25) is 0 Å². The Kier molecular flexibility index (Phi) is 8.41. The van der Waals surface area contributed by atoms with Gasteiger partial charge in [-0.05, 0) is 31.4 Å². The van der Waals surface area contributed by atoms with Crippen molar-refractivity contribution in [3.05, 3.63) is 18.2 Å². The highest BCUT2D eigenvalue weighted by molar-refractivity contribution is 7.92. The Hall–Kier alpha value is -1.96. The van der Waals surface area contributed by atoms with Crippen LogP contribution in [0.25, 0.3) is 0 Å². The molecular weight excluding hydrogens is 380 g/mol. The zero-order chi connectivity index (χ0) is 20.6. The molecule has 0 aliphatic carbocycles. The van der Waals surface area contributed by atoms with E-state index < -0.39 is 10.0 Å². The molecule has 7 nitrogen and oxygen atoms in total. The van der Waals surface area contributed by atoms with Gasteiger partial charge in [-0.3, -0.25) is 9.10 Å². The number of benzene rings is 1. The lowest BCUT2D eigenvalue weighted by Gasteiger charge is -2.26. The lowest BCUT2D eigenvalue weighted by atomic mass is 9.99. The molecule has 1 aromatic rings. The maximum atomic E-state index is 12.6. The Morgan fingerprint density at radius 3 is 2.54 bits per heavy atom. The van der Waals surface area contributed by atoms with E-state index in [-0.39, 0.29) is 18.2 Å². The highest BCUT2D eigenvalue weighted by Crippen LogP contribution is 2.34. The highest BCUT2D eigenvalue weighted by Gasteiger charge is 2.25. The first-order valence-electron chi connectivity index (χ1n) is 10.1. The molecule has 0 fully saturated rings. The van der Waals surface area contributed by atoms with Crippen molar-refractivity contribution in [3.63, 3.8) is 0 Å². The number of nitrogens with zero attached hydrogens (tertiary/aromatic N) is 1. The Morgan fingerprint density at radius 2 is 1.89 bits per heavy atom. The van der Waals surface area contributed by atoms with E-state index in [4.69, 9.17) is 9.47 Å². The molecule has 1 amide bonds. The molecule has 2 rings (SSSR count). The molecule has 0 saturated carbocycles. The van der Waals surface area contributed by atoms with Crippen LogP contribution >= 0.6 is 0 Å². The number of unbranched alkanes of at least 4 members (excludes halogenated alkanes) is 1. The van der Waals surface area contributed by atoms with Crippen molar-refractivity contribution >= 4 is 21.6 Å². The first kappa shape index (κ1) is 22.3. The lowest BCUT2D eigenvalue weighted by Crippen LogP contribution is -2.42. The van der Waals surface area contributed by atoms with Crippen LogP contribution in [-0.4, -0.2) is 46.4 Å². The Balaban J connectivity index is 2.11. The predicted molar refractivity (Wildman–Crippen MR) is 111 cm³/mol. The summed E-state index contributed by atoms with van der Waals surface area (Å²) >= 11 is 0. The SMILES string of the molecule is CCCC[C@H](CC)CNC(=O)CN(c1ccc2c(c1)OCCO2)S(=O)(=O)CC. The minimum Gasteiger partial charge on any atom is -0.486 e. The Morgan fingerprint density at radius 1 is 1.18 bits per heavy atom. The lowest BCUT2D eigenvalue weighted by molar-refractivity contribution is -0.119. The molecule has 28 heavy (non-hydrogen) atoms. The summed E-state index contributed by atoms with van der Waals surface area (Å²) in [4.78, 5) is 12.5. The molecular formula is C20H32N2O5S. The minimum absolute atomic E-state index is 0.0944. The number of sulfonamides is 1. The van der Waals surface area contributed by atoms with E-state index in [2.05, 4.69) is 19.2 Å². The van der Waals surface area contributed by atoms with Gasteiger partial charge in [0.25, 0.3) is 0 Å². The van der Waals surface area contributed by atoms with Gasteiger partial charge in [0.2, 0.25) is 15.9 Å². The number of ether oxygens (including phenoxy) is 2. The molecule has 0 bridgehead atoms. The number of rotatable bonds is 11. The van der Waals surface area contributed by atoms with Gasteiger partial charge in [-0.1, -0.05) is 33.1 Å². The Labute approximate surface area is 168 Å². The molecule has 1 atom stereocenters. The normalized spacial score (nSPS) is 14.4. The molecule has 0 spiro atoms. The van der Waals surface area contributed by atoms with Gasteiger partial charge in [0.05, 0.1) is 11.4 Å². The summed E-state index contributed by atoms with van der Waals surface area (Å²) in [7, 11) is -3.62. The number of carbonyl (C=O) groups is 1. The van der Waals surface area contributed by atoms with Gasteiger partial charge in [0.15, 0.2) is 11.5 Å². The topological polar surface area (TPSA) is 84.9 Å². The maximum absolute atomic E-state index is 12.6. The molecule has 0 radical (unpaired) electrons. The van der Waals surface area contributed by atoms with Gasteiger partial charge in [-0.25, -0.2) is 8.42 Å². The van der Waals surface area contributed by atoms with Crippen molar-refractivity contribution in [2.45, 2.75) is 46.5 Å². The fourth-order valence-electron chi connectivity index (χ4n) is 3.08. The van der Waals surface area contributed by atoms with E-state index >= 15 is 0 Å². The second kappa shape index (κ2) is 10.5. The zero-order valence-corrected chi connectivity index (χ0v) is 17.9. The third-order valence-corrected chi connectivity index (χ3v) is 6.67. The van der Waals surface area contributed by atoms with E-state index in [0.29, 0.717) is 42.9 Å². The predicted octanol–water partition coefficient (Wildman–Crippen LogP) is 2.95. The number of fused-ring (bicyclic) bond motifs is 1. The molecule has 158 valence electrons. The molecule has 0 unspecified atom stereocenters. The molecule has 1 N–H and O–H groups in total. The van der Waals surface area contributed by atoms with Crippen LogP contribution in [-0.2, 0) is 14.8 Å². The van der Waals surface area contributed by atoms with Crippen molar-refractivity contribution in [1.82, 2.24) is 5.32 Å². The summed E-state index contributed by atoms with van der Waals surface area (Å²) in [6.07, 6.45) is 4.30. The highest BCUT2D eigenvalue weighted by atomic mass is 32.2. The Bertz CT molecular complexity index is 751. The van der Waals surface area contributed by atoms with Crippen molar-refractivity contribution < 1.29 is 22.7 Å². The summed E-state index contributed by atoms with van der Waals surface area (Å²) in [5.41, 5.74) is 0.402. The number of carbonyl (C=O) groups excluding carboxylic acids is 1. The van der Waals surface area contributed by atoms with Crippen LogP contribution in [0.5, 0.6) is 11.5 Å². The molecule has 0 aromatic heterocycles. The van der Waals surface area contributed by atoms with Gasteiger partial charge in [-0.2, -0.15) is 0 Å². The molecule has 1 aliphatic rings. The van der Waals surface area contributed by atoms with Crippen LogP contribution in [0.1, 0.15) is 46.5 Å². The van der Waals surface area contributed by atoms with E-state index in [1.807, 2.05) is 0 Å². The van der Waals surface area contributed by atoms with Crippen LogP contribution in [0.15, 0.2) is 18.2 Å². The van der Waals surface area contributed by atoms with Crippen LogP contribution < -0.4 is 19.1 Å². The first-order valence-corrected chi connectivity index (χ1v) is 11.7. The average Bonchev–Trinajstić information content (AvgIpc) is 2.71. The third kappa shape index (κ3) is 6.02. The van der Waals surface area contributed by atoms with Crippen LogP contribution in [0, 0.1) is 5.92 Å². The van der Waals surface area contributed by atoms with E-state index in [1.165, 1.54) is 0 Å². The molecule has 1 heterocycles. The zero-order valence-electron chi connectivity index (χ0n) is 17.1. The molecule has 1 aromatic carbocycles.